The Labute approximate surface area is 73.8 Å². The first-order valence-electron chi connectivity index (χ1n) is 3.82. The number of hydrogen-bond acceptors (Lipinski definition) is 1. The first kappa shape index (κ1) is 7.98. The highest BCUT2D eigenvalue weighted by Gasteiger charge is 2.03. The summed E-state index contributed by atoms with van der Waals surface area (Å²) in [6.45, 7) is 0. The number of halogens is 2. The first-order chi connectivity index (χ1) is 6.18. The van der Waals surface area contributed by atoms with Crippen molar-refractivity contribution in [2.75, 3.05) is 5.73 Å². The Balaban J connectivity index is 2.92. The average molecular weight is 179 g/mol. The molecule has 2 aromatic carbocycles. The zero-order chi connectivity index (χ0) is 9.42. The zero-order valence-corrected chi connectivity index (χ0v) is 6.72. The third-order valence-electron chi connectivity index (χ3n) is 1.96. The molecule has 0 spiro atoms. The standard InChI is InChI=1S/C10H7F2N/c11-6-1-2-7-8(5-6)10(13)4-3-9(7)12/h1-5H,13H2. The zero-order valence-electron chi connectivity index (χ0n) is 6.72. The van der Waals surface area contributed by atoms with Crippen LogP contribution in [0.2, 0.25) is 0 Å². The summed E-state index contributed by atoms with van der Waals surface area (Å²) in [7, 11) is 0. The molecule has 0 heterocycles. The molecule has 0 radical (unpaired) electrons. The molecule has 13 heavy (non-hydrogen) atoms. The van der Waals surface area contributed by atoms with Crippen molar-refractivity contribution < 1.29 is 8.78 Å². The third-order valence-corrected chi connectivity index (χ3v) is 1.96. The molecule has 2 N–H and O–H groups in total. The van der Waals surface area contributed by atoms with Crippen LogP contribution in [0, 0.1) is 11.6 Å². The maximum absolute atomic E-state index is 13.1. The van der Waals surface area contributed by atoms with E-state index < -0.39 is 5.82 Å². The lowest BCUT2D eigenvalue weighted by molar-refractivity contribution is 0.627. The van der Waals surface area contributed by atoms with Gasteiger partial charge in [-0.05, 0) is 30.3 Å². The van der Waals surface area contributed by atoms with Crippen molar-refractivity contribution in [3.05, 3.63) is 42.0 Å². The number of fused-ring (bicyclic) bond motifs is 1. The van der Waals surface area contributed by atoms with Gasteiger partial charge in [0.05, 0.1) is 0 Å². The highest BCUT2D eigenvalue weighted by atomic mass is 19.1. The van der Waals surface area contributed by atoms with Crippen LogP contribution in [0.1, 0.15) is 0 Å². The predicted octanol–water partition coefficient (Wildman–Crippen LogP) is 2.70. The second-order valence-corrected chi connectivity index (χ2v) is 2.83. The molecule has 0 fully saturated rings. The van der Waals surface area contributed by atoms with Crippen LogP contribution in [0.3, 0.4) is 0 Å². The number of nitrogen functional groups attached to an aromatic ring is 1. The van der Waals surface area contributed by atoms with Gasteiger partial charge in [0.25, 0.3) is 0 Å². The minimum absolute atomic E-state index is 0.349. The van der Waals surface area contributed by atoms with E-state index in [-0.39, 0.29) is 5.82 Å². The highest BCUT2D eigenvalue weighted by molar-refractivity contribution is 5.93. The molecular formula is C10H7F2N. The summed E-state index contributed by atoms with van der Waals surface area (Å²) in [5.74, 6) is -0.797. The molecule has 3 heteroatoms. The lowest BCUT2D eigenvalue weighted by Gasteiger charge is -2.02. The van der Waals surface area contributed by atoms with Crippen LogP contribution < -0.4 is 5.73 Å². The Hall–Kier alpha value is -1.64. The lowest BCUT2D eigenvalue weighted by Crippen LogP contribution is -1.89. The fraction of sp³-hybridized carbons (Fsp3) is 0. The molecule has 0 amide bonds. The Kier molecular flexibility index (Phi) is 1.65. The second-order valence-electron chi connectivity index (χ2n) is 2.83. The SMILES string of the molecule is Nc1ccc(F)c2ccc(F)cc12. The topological polar surface area (TPSA) is 26.0 Å². The van der Waals surface area contributed by atoms with Gasteiger partial charge >= 0.3 is 0 Å². The molecule has 2 rings (SSSR count). The van der Waals surface area contributed by atoms with Crippen LogP contribution in [-0.4, -0.2) is 0 Å². The van der Waals surface area contributed by atoms with Crippen molar-refractivity contribution in [2.24, 2.45) is 0 Å². The minimum atomic E-state index is -0.412. The molecule has 0 saturated carbocycles. The molecular weight excluding hydrogens is 172 g/mol. The normalized spacial score (nSPS) is 10.6. The summed E-state index contributed by atoms with van der Waals surface area (Å²) in [4.78, 5) is 0. The highest BCUT2D eigenvalue weighted by Crippen LogP contribution is 2.24. The van der Waals surface area contributed by atoms with Crippen LogP contribution in [0.4, 0.5) is 14.5 Å². The summed E-state index contributed by atoms with van der Waals surface area (Å²) in [5, 5.41) is 0.765. The van der Waals surface area contributed by atoms with Crippen LogP contribution in [0.15, 0.2) is 30.3 Å². The summed E-state index contributed by atoms with van der Waals surface area (Å²) < 4.78 is 25.9. The average Bonchev–Trinajstić information content (AvgIpc) is 2.12. The summed E-state index contributed by atoms with van der Waals surface area (Å²) >= 11 is 0. The molecule has 0 unspecified atom stereocenters. The van der Waals surface area contributed by atoms with Crippen molar-refractivity contribution in [2.45, 2.75) is 0 Å². The Morgan fingerprint density at radius 2 is 1.69 bits per heavy atom. The maximum atomic E-state index is 13.1. The number of nitrogens with two attached hydrogens (primary N) is 1. The van der Waals surface area contributed by atoms with Crippen molar-refractivity contribution in [1.29, 1.82) is 0 Å². The van der Waals surface area contributed by atoms with Gasteiger partial charge in [-0.2, -0.15) is 0 Å². The van der Waals surface area contributed by atoms with E-state index in [0.717, 1.165) is 0 Å². The van der Waals surface area contributed by atoms with E-state index in [0.29, 0.717) is 16.5 Å². The molecule has 66 valence electrons. The van der Waals surface area contributed by atoms with Crippen LogP contribution in [0.5, 0.6) is 0 Å². The van der Waals surface area contributed by atoms with E-state index in [2.05, 4.69) is 0 Å². The van der Waals surface area contributed by atoms with Gasteiger partial charge in [-0.1, -0.05) is 0 Å². The molecule has 1 nitrogen and oxygen atoms in total. The molecule has 0 saturated heterocycles. The van der Waals surface area contributed by atoms with Crippen molar-refractivity contribution >= 4 is 16.5 Å². The van der Waals surface area contributed by atoms with Gasteiger partial charge in [0.1, 0.15) is 11.6 Å². The molecule has 0 aromatic heterocycles. The Morgan fingerprint density at radius 1 is 0.923 bits per heavy atom. The monoisotopic (exact) mass is 179 g/mol. The predicted molar refractivity (Wildman–Crippen MR) is 48.3 cm³/mol. The number of rotatable bonds is 0. The minimum Gasteiger partial charge on any atom is -0.398 e. The number of benzene rings is 2. The van der Waals surface area contributed by atoms with Gasteiger partial charge in [-0.25, -0.2) is 8.78 Å². The van der Waals surface area contributed by atoms with Crippen molar-refractivity contribution in [3.8, 4) is 0 Å². The van der Waals surface area contributed by atoms with E-state index in [1.807, 2.05) is 0 Å². The molecule has 0 aliphatic rings. The van der Waals surface area contributed by atoms with Crippen LogP contribution in [-0.2, 0) is 0 Å². The van der Waals surface area contributed by atoms with Gasteiger partial charge in [0, 0.05) is 16.5 Å². The smallest absolute Gasteiger partial charge is 0.131 e. The van der Waals surface area contributed by atoms with Gasteiger partial charge < -0.3 is 5.73 Å². The fourth-order valence-corrected chi connectivity index (χ4v) is 1.31. The van der Waals surface area contributed by atoms with Gasteiger partial charge in [-0.15, -0.1) is 0 Å². The summed E-state index contributed by atoms with van der Waals surface area (Å²) in [6.07, 6.45) is 0. The summed E-state index contributed by atoms with van der Waals surface area (Å²) in [6, 6.07) is 6.53. The van der Waals surface area contributed by atoms with Gasteiger partial charge in [0.15, 0.2) is 0 Å². The van der Waals surface area contributed by atoms with E-state index in [1.54, 1.807) is 0 Å². The molecule has 2 aromatic rings. The van der Waals surface area contributed by atoms with E-state index >= 15 is 0 Å². The molecule has 0 bridgehead atoms. The van der Waals surface area contributed by atoms with Crippen LogP contribution >= 0.6 is 0 Å². The van der Waals surface area contributed by atoms with Gasteiger partial charge in [0.2, 0.25) is 0 Å². The maximum Gasteiger partial charge on any atom is 0.131 e. The quantitative estimate of drug-likeness (QED) is 0.618. The number of anilines is 1. The first-order valence-corrected chi connectivity index (χ1v) is 3.82. The van der Waals surface area contributed by atoms with Gasteiger partial charge in [-0.3, -0.25) is 0 Å². The Bertz CT molecular complexity index is 466. The largest absolute Gasteiger partial charge is 0.398 e. The van der Waals surface area contributed by atoms with E-state index in [1.165, 1.54) is 30.3 Å². The summed E-state index contributed by atoms with van der Waals surface area (Å²) in [5.41, 5.74) is 5.95. The van der Waals surface area contributed by atoms with E-state index in [9.17, 15) is 8.78 Å². The fourth-order valence-electron chi connectivity index (χ4n) is 1.31. The molecule has 0 aliphatic heterocycles. The molecule has 0 atom stereocenters. The lowest BCUT2D eigenvalue weighted by atomic mass is 10.1. The van der Waals surface area contributed by atoms with E-state index in [4.69, 9.17) is 5.73 Å². The van der Waals surface area contributed by atoms with Crippen LogP contribution in [0.25, 0.3) is 10.8 Å². The number of hydrogen-bond donors (Lipinski definition) is 1. The van der Waals surface area contributed by atoms with Crippen molar-refractivity contribution in [3.63, 3.8) is 0 Å². The molecule has 0 aliphatic carbocycles. The van der Waals surface area contributed by atoms with Crippen molar-refractivity contribution in [1.82, 2.24) is 0 Å². The Morgan fingerprint density at radius 3 is 2.46 bits per heavy atom. The third kappa shape index (κ3) is 1.22. The second kappa shape index (κ2) is 2.69.